The molecular formula is C12H14O3Zr. The molecule has 1 atom stereocenters. The quantitative estimate of drug-likeness (QED) is 0.630. The first-order chi connectivity index (χ1) is 7.16. The average molecular weight is 297 g/mol. The fraction of sp³-hybridized carbons (Fsp3) is 0.333. The predicted molar refractivity (Wildman–Crippen MR) is 56.5 cm³/mol. The van der Waals surface area contributed by atoms with E-state index in [0.717, 1.165) is 0 Å². The van der Waals surface area contributed by atoms with Crippen molar-refractivity contribution in [1.82, 2.24) is 0 Å². The van der Waals surface area contributed by atoms with Crippen LogP contribution in [0.5, 0.6) is 0 Å². The van der Waals surface area contributed by atoms with Crippen LogP contribution in [0.25, 0.3) is 0 Å². The Morgan fingerprint density at radius 2 is 1.81 bits per heavy atom. The molecule has 0 bridgehead atoms. The molecule has 0 amide bonds. The number of carbonyl (C=O) groups excluding carboxylic acids is 2. The number of ether oxygens (including phenoxy) is 1. The van der Waals surface area contributed by atoms with Crippen molar-refractivity contribution in [3.05, 3.63) is 35.9 Å². The fourth-order valence-corrected chi connectivity index (χ4v) is 1.41. The summed E-state index contributed by atoms with van der Waals surface area (Å²) in [4.78, 5) is 22.9. The summed E-state index contributed by atoms with van der Waals surface area (Å²) in [7, 11) is 0. The molecule has 0 aliphatic rings. The molecule has 0 saturated carbocycles. The van der Waals surface area contributed by atoms with Crippen molar-refractivity contribution in [2.75, 3.05) is 6.61 Å². The maximum absolute atomic E-state index is 11.5. The van der Waals surface area contributed by atoms with Gasteiger partial charge in [0, 0.05) is 26.2 Å². The van der Waals surface area contributed by atoms with Crippen LogP contribution in [0, 0.1) is 0 Å². The summed E-state index contributed by atoms with van der Waals surface area (Å²) >= 11 is 0. The molecule has 1 aromatic rings. The normalized spacial score (nSPS) is 11.1. The van der Waals surface area contributed by atoms with Crippen LogP contribution in [0.4, 0.5) is 0 Å². The van der Waals surface area contributed by atoms with Crippen molar-refractivity contribution >= 4 is 11.8 Å². The molecule has 0 N–H and O–H groups in total. The standard InChI is InChI=1S/C12H14O3.Zr/c1-3-15-12(14)11(9(2)13)10-7-5-4-6-8-10;/h4-8,11H,3H2,1-2H3;. The summed E-state index contributed by atoms with van der Waals surface area (Å²) in [5.41, 5.74) is 0.684. The molecule has 0 aliphatic carbocycles. The molecule has 16 heavy (non-hydrogen) atoms. The van der Waals surface area contributed by atoms with Crippen LogP contribution in [0.1, 0.15) is 25.3 Å². The number of rotatable bonds is 4. The molecule has 0 aliphatic heterocycles. The zero-order valence-electron chi connectivity index (χ0n) is 9.40. The van der Waals surface area contributed by atoms with Crippen molar-refractivity contribution < 1.29 is 40.5 Å². The monoisotopic (exact) mass is 296 g/mol. The Morgan fingerprint density at radius 3 is 2.25 bits per heavy atom. The van der Waals surface area contributed by atoms with Gasteiger partial charge in [0.2, 0.25) is 0 Å². The van der Waals surface area contributed by atoms with Crippen LogP contribution in [0.15, 0.2) is 30.3 Å². The number of ketones is 1. The summed E-state index contributed by atoms with van der Waals surface area (Å²) in [5, 5.41) is 0. The van der Waals surface area contributed by atoms with E-state index in [4.69, 9.17) is 4.74 Å². The third kappa shape index (κ3) is 4.01. The van der Waals surface area contributed by atoms with E-state index in [1.54, 1.807) is 31.2 Å². The third-order valence-electron chi connectivity index (χ3n) is 2.06. The predicted octanol–water partition coefficient (Wildman–Crippen LogP) is 1.92. The Hall–Kier alpha value is -0.757. The van der Waals surface area contributed by atoms with Crippen molar-refractivity contribution in [3.63, 3.8) is 0 Å². The molecule has 1 rings (SSSR count). The molecule has 1 aromatic carbocycles. The van der Waals surface area contributed by atoms with Gasteiger partial charge in [0.15, 0.2) is 0 Å². The van der Waals surface area contributed by atoms with E-state index in [2.05, 4.69) is 0 Å². The number of carbonyl (C=O) groups is 2. The summed E-state index contributed by atoms with van der Waals surface area (Å²) in [6.45, 7) is 3.41. The SMILES string of the molecule is CCOC(=O)C(C(C)=O)c1ccccc1.[Zr]. The largest absolute Gasteiger partial charge is 0.465 e. The molecule has 0 heterocycles. The van der Waals surface area contributed by atoms with Gasteiger partial charge in [0.05, 0.1) is 6.61 Å². The van der Waals surface area contributed by atoms with E-state index in [9.17, 15) is 9.59 Å². The molecule has 0 aromatic heterocycles. The summed E-state index contributed by atoms with van der Waals surface area (Å²) in [5.74, 6) is -1.46. The second kappa shape index (κ2) is 7.51. The van der Waals surface area contributed by atoms with Gasteiger partial charge in [0.25, 0.3) is 0 Å². The zero-order chi connectivity index (χ0) is 11.3. The molecule has 0 spiro atoms. The van der Waals surface area contributed by atoms with E-state index in [1.165, 1.54) is 6.92 Å². The van der Waals surface area contributed by atoms with Crippen LogP contribution in [-0.4, -0.2) is 18.4 Å². The topological polar surface area (TPSA) is 43.4 Å². The Kier molecular flexibility index (Phi) is 7.15. The van der Waals surface area contributed by atoms with Crippen LogP contribution >= 0.6 is 0 Å². The van der Waals surface area contributed by atoms with Gasteiger partial charge in [-0.05, 0) is 19.4 Å². The first-order valence-corrected chi connectivity index (χ1v) is 4.88. The van der Waals surface area contributed by atoms with Crippen molar-refractivity contribution in [2.24, 2.45) is 0 Å². The zero-order valence-corrected chi connectivity index (χ0v) is 11.9. The maximum atomic E-state index is 11.5. The van der Waals surface area contributed by atoms with Crippen LogP contribution in [-0.2, 0) is 40.5 Å². The second-order valence-corrected chi connectivity index (χ2v) is 3.21. The molecular weight excluding hydrogens is 283 g/mol. The van der Waals surface area contributed by atoms with E-state index < -0.39 is 11.9 Å². The smallest absolute Gasteiger partial charge is 0.320 e. The Bertz CT molecular complexity index is 349. The molecule has 0 saturated heterocycles. The summed E-state index contributed by atoms with van der Waals surface area (Å²) in [6.07, 6.45) is 0. The number of esters is 1. The van der Waals surface area contributed by atoms with E-state index >= 15 is 0 Å². The minimum atomic E-state index is -0.786. The minimum absolute atomic E-state index is 0. The second-order valence-electron chi connectivity index (χ2n) is 3.21. The van der Waals surface area contributed by atoms with E-state index in [1.807, 2.05) is 6.07 Å². The fourth-order valence-electron chi connectivity index (χ4n) is 1.41. The number of Topliss-reactive ketones (excluding diaryl/α,β-unsaturated/α-hetero) is 1. The van der Waals surface area contributed by atoms with Crippen LogP contribution in [0.2, 0.25) is 0 Å². The van der Waals surface area contributed by atoms with Gasteiger partial charge in [-0.25, -0.2) is 0 Å². The molecule has 3 nitrogen and oxygen atoms in total. The van der Waals surface area contributed by atoms with Crippen molar-refractivity contribution in [3.8, 4) is 0 Å². The van der Waals surface area contributed by atoms with E-state index in [0.29, 0.717) is 5.56 Å². The molecule has 1 unspecified atom stereocenters. The number of hydrogen-bond donors (Lipinski definition) is 0. The summed E-state index contributed by atoms with van der Waals surface area (Å²) < 4.78 is 4.86. The minimum Gasteiger partial charge on any atom is -0.465 e. The Labute approximate surface area is 114 Å². The number of benzene rings is 1. The van der Waals surface area contributed by atoms with Gasteiger partial charge < -0.3 is 4.74 Å². The van der Waals surface area contributed by atoms with Gasteiger partial charge in [-0.2, -0.15) is 0 Å². The molecule has 84 valence electrons. The molecule has 0 fully saturated rings. The average Bonchev–Trinajstić information content (AvgIpc) is 2.19. The van der Waals surface area contributed by atoms with E-state index in [-0.39, 0.29) is 38.6 Å². The van der Waals surface area contributed by atoms with Crippen LogP contribution in [0.3, 0.4) is 0 Å². The third-order valence-corrected chi connectivity index (χ3v) is 2.06. The van der Waals surface area contributed by atoms with Gasteiger partial charge >= 0.3 is 5.97 Å². The van der Waals surface area contributed by atoms with Gasteiger partial charge in [-0.1, -0.05) is 30.3 Å². The van der Waals surface area contributed by atoms with Crippen molar-refractivity contribution in [2.45, 2.75) is 19.8 Å². The van der Waals surface area contributed by atoms with Crippen molar-refractivity contribution in [1.29, 1.82) is 0 Å². The van der Waals surface area contributed by atoms with Gasteiger partial charge in [0.1, 0.15) is 11.7 Å². The Balaban J connectivity index is 0.00000225. The maximum Gasteiger partial charge on any atom is 0.320 e. The Morgan fingerprint density at radius 1 is 1.25 bits per heavy atom. The van der Waals surface area contributed by atoms with Gasteiger partial charge in [-0.3, -0.25) is 9.59 Å². The number of hydrogen-bond acceptors (Lipinski definition) is 3. The molecule has 4 heteroatoms. The summed E-state index contributed by atoms with van der Waals surface area (Å²) in [6, 6.07) is 8.94. The first-order valence-electron chi connectivity index (χ1n) is 4.88. The van der Waals surface area contributed by atoms with Gasteiger partial charge in [-0.15, -0.1) is 0 Å². The van der Waals surface area contributed by atoms with Crippen LogP contribution < -0.4 is 0 Å². The molecule has 0 radical (unpaired) electrons. The first kappa shape index (κ1) is 15.2.